The Labute approximate surface area is 131 Å². The van der Waals surface area contributed by atoms with Crippen LogP contribution in [0.2, 0.25) is 0 Å². The van der Waals surface area contributed by atoms with Gasteiger partial charge in [0.25, 0.3) is 0 Å². The van der Waals surface area contributed by atoms with Crippen LogP contribution in [0.3, 0.4) is 0 Å². The van der Waals surface area contributed by atoms with Crippen LogP contribution in [-0.2, 0) is 0 Å². The maximum atomic E-state index is 4.91. The molecule has 4 rings (SSSR count). The first-order chi connectivity index (χ1) is 10.9. The van der Waals surface area contributed by atoms with Crippen LogP contribution < -0.4 is 0 Å². The van der Waals surface area contributed by atoms with E-state index in [-0.39, 0.29) is 0 Å². The van der Waals surface area contributed by atoms with Crippen molar-refractivity contribution in [3.8, 4) is 0 Å². The van der Waals surface area contributed by atoms with E-state index in [0.29, 0.717) is 11.8 Å². The Balaban J connectivity index is 1.78. The maximum absolute atomic E-state index is 4.91. The lowest BCUT2D eigenvalue weighted by Crippen LogP contribution is -2.18. The highest BCUT2D eigenvalue weighted by molar-refractivity contribution is 5.75. The molecule has 3 aromatic rings. The maximum Gasteiger partial charge on any atom is 0.115 e. The molecule has 1 aliphatic rings. The lowest BCUT2D eigenvalue weighted by Gasteiger charge is -2.29. The van der Waals surface area contributed by atoms with E-state index < -0.39 is 0 Å². The minimum Gasteiger partial charge on any atom is -0.341 e. The molecule has 0 aliphatic heterocycles. The first kappa shape index (κ1) is 13.6. The molecule has 1 unspecified atom stereocenters. The van der Waals surface area contributed by atoms with E-state index in [1.165, 1.54) is 37.7 Å². The van der Waals surface area contributed by atoms with E-state index >= 15 is 0 Å². The second kappa shape index (κ2) is 5.96. The van der Waals surface area contributed by atoms with Crippen LogP contribution in [0.1, 0.15) is 49.4 Å². The van der Waals surface area contributed by atoms with E-state index in [1.807, 2.05) is 0 Å². The fourth-order valence-electron chi connectivity index (χ4n) is 3.90. The molecule has 1 N–H and O–H groups in total. The summed E-state index contributed by atoms with van der Waals surface area (Å²) in [5.74, 6) is 2.24. The summed E-state index contributed by atoms with van der Waals surface area (Å²) in [4.78, 5) is 8.49. The molecule has 22 heavy (non-hydrogen) atoms. The largest absolute Gasteiger partial charge is 0.341 e. The van der Waals surface area contributed by atoms with Gasteiger partial charge in [-0.3, -0.25) is 0 Å². The van der Waals surface area contributed by atoms with Crippen molar-refractivity contribution in [2.75, 3.05) is 0 Å². The van der Waals surface area contributed by atoms with Crippen molar-refractivity contribution in [2.24, 2.45) is 5.92 Å². The van der Waals surface area contributed by atoms with Crippen molar-refractivity contribution in [3.05, 3.63) is 66.0 Å². The second-order valence-electron chi connectivity index (χ2n) is 6.43. The number of para-hydroxylation sites is 2. The average molecular weight is 290 g/mol. The van der Waals surface area contributed by atoms with Crippen molar-refractivity contribution in [3.63, 3.8) is 0 Å². The Kier molecular flexibility index (Phi) is 3.67. The highest BCUT2D eigenvalue weighted by Gasteiger charge is 2.28. The van der Waals surface area contributed by atoms with Crippen LogP contribution in [0.4, 0.5) is 0 Å². The molecule has 1 atom stereocenters. The Bertz CT molecular complexity index is 706. The van der Waals surface area contributed by atoms with Crippen molar-refractivity contribution in [1.29, 1.82) is 0 Å². The van der Waals surface area contributed by atoms with Crippen LogP contribution in [0.25, 0.3) is 11.0 Å². The topological polar surface area (TPSA) is 28.7 Å². The fourth-order valence-corrected chi connectivity index (χ4v) is 3.90. The van der Waals surface area contributed by atoms with Gasteiger partial charge < -0.3 is 4.98 Å². The third-order valence-corrected chi connectivity index (χ3v) is 4.98. The lowest BCUT2D eigenvalue weighted by atomic mass is 9.76. The zero-order valence-electron chi connectivity index (χ0n) is 12.8. The number of benzene rings is 2. The van der Waals surface area contributed by atoms with Gasteiger partial charge in [-0.15, -0.1) is 0 Å². The van der Waals surface area contributed by atoms with Gasteiger partial charge in [-0.05, 0) is 36.5 Å². The van der Waals surface area contributed by atoms with Gasteiger partial charge in [0.1, 0.15) is 5.82 Å². The summed E-state index contributed by atoms with van der Waals surface area (Å²) in [6, 6.07) is 19.3. The minimum absolute atomic E-state index is 0.397. The van der Waals surface area contributed by atoms with Gasteiger partial charge in [0.05, 0.1) is 11.0 Å². The van der Waals surface area contributed by atoms with E-state index in [2.05, 4.69) is 59.6 Å². The number of H-pyrrole nitrogens is 1. The molecular weight excluding hydrogens is 268 g/mol. The first-order valence-electron chi connectivity index (χ1n) is 8.41. The number of aromatic amines is 1. The third kappa shape index (κ3) is 2.54. The zero-order chi connectivity index (χ0) is 14.8. The molecule has 1 aliphatic carbocycles. The molecule has 2 aromatic carbocycles. The number of hydrogen-bond donors (Lipinski definition) is 1. The smallest absolute Gasteiger partial charge is 0.115 e. The Morgan fingerprint density at radius 2 is 1.59 bits per heavy atom. The summed E-state index contributed by atoms with van der Waals surface area (Å²) >= 11 is 0. The summed E-state index contributed by atoms with van der Waals surface area (Å²) in [6.45, 7) is 0. The van der Waals surface area contributed by atoms with Gasteiger partial charge in [0, 0.05) is 5.92 Å². The lowest BCUT2D eigenvalue weighted by molar-refractivity contribution is 0.322. The summed E-state index contributed by atoms with van der Waals surface area (Å²) < 4.78 is 0. The first-order valence-corrected chi connectivity index (χ1v) is 8.41. The molecule has 1 fully saturated rings. The van der Waals surface area contributed by atoms with Gasteiger partial charge >= 0.3 is 0 Å². The van der Waals surface area contributed by atoms with E-state index in [4.69, 9.17) is 4.98 Å². The summed E-state index contributed by atoms with van der Waals surface area (Å²) in [6.07, 6.45) is 6.73. The molecule has 112 valence electrons. The van der Waals surface area contributed by atoms with Gasteiger partial charge in [0.2, 0.25) is 0 Å². The Morgan fingerprint density at radius 1 is 0.864 bits per heavy atom. The molecule has 1 aromatic heterocycles. The number of imidazole rings is 1. The van der Waals surface area contributed by atoms with Crippen LogP contribution in [0, 0.1) is 5.92 Å². The van der Waals surface area contributed by atoms with Crippen molar-refractivity contribution in [2.45, 2.75) is 38.0 Å². The van der Waals surface area contributed by atoms with Crippen LogP contribution in [-0.4, -0.2) is 9.97 Å². The number of aromatic nitrogens is 2. The molecule has 0 spiro atoms. The van der Waals surface area contributed by atoms with E-state index in [9.17, 15) is 0 Å². The van der Waals surface area contributed by atoms with Crippen LogP contribution in [0.15, 0.2) is 54.6 Å². The molecular formula is C20H22N2. The monoisotopic (exact) mass is 290 g/mol. The van der Waals surface area contributed by atoms with Gasteiger partial charge in [0.15, 0.2) is 0 Å². The molecule has 2 heteroatoms. The summed E-state index contributed by atoms with van der Waals surface area (Å²) in [7, 11) is 0. The fraction of sp³-hybridized carbons (Fsp3) is 0.350. The molecule has 0 bridgehead atoms. The predicted octanol–water partition coefficient (Wildman–Crippen LogP) is 5.28. The van der Waals surface area contributed by atoms with Crippen molar-refractivity contribution >= 4 is 11.0 Å². The standard InChI is InChI=1S/C20H22N2/c1-3-9-15(10-4-1)19(16-11-5-2-6-12-16)20-21-17-13-7-8-14-18(17)22-20/h1,3-4,7-10,13-14,16,19H,2,5-6,11-12H2,(H,21,22). The number of nitrogens with one attached hydrogen (secondary N) is 1. The normalized spacial score (nSPS) is 17.6. The molecule has 1 heterocycles. The highest BCUT2D eigenvalue weighted by Crippen LogP contribution is 2.39. The third-order valence-electron chi connectivity index (χ3n) is 4.98. The van der Waals surface area contributed by atoms with Gasteiger partial charge in [-0.1, -0.05) is 61.7 Å². The SMILES string of the molecule is c1ccc(C(c2nc3ccccc3[nH]2)C2CCCCC2)cc1. The average Bonchev–Trinajstić information content (AvgIpc) is 3.00. The molecule has 2 nitrogen and oxygen atoms in total. The Hall–Kier alpha value is -2.09. The second-order valence-corrected chi connectivity index (χ2v) is 6.43. The minimum atomic E-state index is 0.397. The number of fused-ring (bicyclic) bond motifs is 1. The summed E-state index contributed by atoms with van der Waals surface area (Å²) in [5, 5.41) is 0. The van der Waals surface area contributed by atoms with Crippen molar-refractivity contribution in [1.82, 2.24) is 9.97 Å². The van der Waals surface area contributed by atoms with Gasteiger partial charge in [-0.2, -0.15) is 0 Å². The van der Waals surface area contributed by atoms with E-state index in [0.717, 1.165) is 16.9 Å². The Morgan fingerprint density at radius 3 is 2.36 bits per heavy atom. The van der Waals surface area contributed by atoms with Crippen LogP contribution in [0.5, 0.6) is 0 Å². The number of rotatable bonds is 3. The number of hydrogen-bond acceptors (Lipinski definition) is 1. The highest BCUT2D eigenvalue weighted by atomic mass is 14.9. The molecule has 0 amide bonds. The van der Waals surface area contributed by atoms with Gasteiger partial charge in [-0.25, -0.2) is 4.98 Å². The van der Waals surface area contributed by atoms with E-state index in [1.54, 1.807) is 0 Å². The van der Waals surface area contributed by atoms with Crippen molar-refractivity contribution < 1.29 is 0 Å². The quantitative estimate of drug-likeness (QED) is 0.699. The molecule has 0 radical (unpaired) electrons. The number of nitrogens with zero attached hydrogens (tertiary/aromatic N) is 1. The predicted molar refractivity (Wildman–Crippen MR) is 91.0 cm³/mol. The summed E-state index contributed by atoms with van der Waals surface area (Å²) in [5.41, 5.74) is 3.62. The zero-order valence-corrected chi connectivity index (χ0v) is 12.8. The molecule has 1 saturated carbocycles. The molecule has 0 saturated heterocycles. The van der Waals surface area contributed by atoms with Crippen LogP contribution >= 0.6 is 0 Å².